The van der Waals surface area contributed by atoms with Crippen molar-refractivity contribution >= 4 is 15.8 Å². The lowest BCUT2D eigenvalue weighted by Crippen LogP contribution is -2.45. The molecule has 2 N–H and O–H groups in total. The average molecular weight is 406 g/mol. The van der Waals surface area contributed by atoms with Crippen LogP contribution in [0.1, 0.15) is 18.9 Å². The summed E-state index contributed by atoms with van der Waals surface area (Å²) in [5, 5.41) is 6.25. The van der Waals surface area contributed by atoms with E-state index in [1.807, 2.05) is 6.92 Å². The lowest BCUT2D eigenvalue weighted by atomic mass is 10.2. The molecule has 1 saturated heterocycles. The Kier molecular flexibility index (Phi) is 7.10. The molecule has 6 nitrogen and oxygen atoms in total. The first-order chi connectivity index (χ1) is 12.6. The van der Waals surface area contributed by atoms with Crippen LogP contribution in [0.3, 0.4) is 0 Å². The van der Waals surface area contributed by atoms with Gasteiger partial charge in [0.05, 0.1) is 18.0 Å². The van der Waals surface area contributed by atoms with E-state index in [1.165, 1.54) is 17.0 Å². The van der Waals surface area contributed by atoms with Gasteiger partial charge in [-0.1, -0.05) is 12.1 Å². The molecular weight excluding hydrogens is 381 g/mol. The molecule has 0 aromatic heterocycles. The minimum Gasteiger partial charge on any atom is -0.357 e. The van der Waals surface area contributed by atoms with E-state index < -0.39 is 22.6 Å². The van der Waals surface area contributed by atoms with E-state index in [9.17, 15) is 21.6 Å². The highest BCUT2D eigenvalue weighted by atomic mass is 32.2. The number of alkyl halides is 3. The first kappa shape index (κ1) is 21.5. The molecule has 1 aliphatic rings. The summed E-state index contributed by atoms with van der Waals surface area (Å²) in [6.45, 7) is 2.67. The second-order valence-corrected chi connectivity index (χ2v) is 8.61. The molecule has 0 radical (unpaired) electrons. The second-order valence-electron chi connectivity index (χ2n) is 6.59. The van der Waals surface area contributed by atoms with Gasteiger partial charge in [-0.15, -0.1) is 0 Å². The summed E-state index contributed by atoms with van der Waals surface area (Å²) in [6.07, 6.45) is -2.42. The molecule has 1 aromatic carbocycles. The van der Waals surface area contributed by atoms with Crippen molar-refractivity contribution in [2.24, 2.45) is 4.99 Å². The van der Waals surface area contributed by atoms with E-state index in [-0.39, 0.29) is 10.9 Å². The Hall–Kier alpha value is -1.81. The van der Waals surface area contributed by atoms with Crippen molar-refractivity contribution < 1.29 is 21.6 Å². The highest BCUT2D eigenvalue weighted by Crippen LogP contribution is 2.20. The number of sulfone groups is 1. The molecule has 2 rings (SSSR count). The summed E-state index contributed by atoms with van der Waals surface area (Å²) in [6, 6.07) is 6.37. The summed E-state index contributed by atoms with van der Waals surface area (Å²) in [7, 11) is -3.24. The lowest BCUT2D eigenvalue weighted by molar-refractivity contribution is -0.143. The molecular formula is C17H25F3N4O2S. The van der Waals surface area contributed by atoms with Crippen LogP contribution in [0.2, 0.25) is 0 Å². The van der Waals surface area contributed by atoms with Crippen LogP contribution in [0.15, 0.2) is 34.2 Å². The van der Waals surface area contributed by atoms with Gasteiger partial charge in [-0.3, -0.25) is 4.90 Å². The molecule has 27 heavy (non-hydrogen) atoms. The quantitative estimate of drug-likeness (QED) is 0.557. The summed E-state index contributed by atoms with van der Waals surface area (Å²) < 4.78 is 60.4. The number of likely N-dealkylation sites (tertiary alicyclic amines) is 1. The Bertz CT molecular complexity index is 748. The average Bonchev–Trinajstić information content (AvgIpc) is 2.97. The van der Waals surface area contributed by atoms with Crippen molar-refractivity contribution in [2.45, 2.75) is 37.0 Å². The number of nitrogens with zero attached hydrogens (tertiary/aromatic N) is 2. The largest absolute Gasteiger partial charge is 0.401 e. The molecule has 0 amide bonds. The number of nitrogens with one attached hydrogen (secondary N) is 2. The first-order valence-corrected chi connectivity index (χ1v) is 10.6. The van der Waals surface area contributed by atoms with Gasteiger partial charge in [-0.2, -0.15) is 13.2 Å². The van der Waals surface area contributed by atoms with Crippen LogP contribution in [0.5, 0.6) is 0 Å². The van der Waals surface area contributed by atoms with Crippen molar-refractivity contribution in [3.05, 3.63) is 29.8 Å². The summed E-state index contributed by atoms with van der Waals surface area (Å²) in [5.41, 5.74) is 0.838. The minimum atomic E-state index is -4.19. The monoisotopic (exact) mass is 406 g/mol. The second kappa shape index (κ2) is 8.92. The van der Waals surface area contributed by atoms with Crippen molar-refractivity contribution in [3.8, 4) is 0 Å². The number of hydrogen-bond donors (Lipinski definition) is 2. The van der Waals surface area contributed by atoms with Gasteiger partial charge >= 0.3 is 6.18 Å². The molecule has 0 bridgehead atoms. The number of benzene rings is 1. The summed E-state index contributed by atoms with van der Waals surface area (Å²) >= 11 is 0. The van der Waals surface area contributed by atoms with E-state index in [1.54, 1.807) is 12.1 Å². The van der Waals surface area contributed by atoms with Crippen LogP contribution in [0, 0.1) is 0 Å². The van der Waals surface area contributed by atoms with Crippen LogP contribution in [0.25, 0.3) is 0 Å². The van der Waals surface area contributed by atoms with Gasteiger partial charge < -0.3 is 10.6 Å². The fourth-order valence-corrected chi connectivity index (χ4v) is 3.50. The van der Waals surface area contributed by atoms with Crippen molar-refractivity contribution in [1.29, 1.82) is 0 Å². The summed E-state index contributed by atoms with van der Waals surface area (Å²) in [5.74, 6) is 0.531. The van der Waals surface area contributed by atoms with Crippen LogP contribution in [0.4, 0.5) is 13.2 Å². The number of rotatable bonds is 6. The fourth-order valence-electron chi connectivity index (χ4n) is 2.87. The zero-order valence-electron chi connectivity index (χ0n) is 15.4. The molecule has 152 valence electrons. The third kappa shape index (κ3) is 7.37. The molecule has 1 heterocycles. The van der Waals surface area contributed by atoms with Gasteiger partial charge in [-0.25, -0.2) is 13.4 Å². The van der Waals surface area contributed by atoms with E-state index in [0.717, 1.165) is 11.8 Å². The lowest BCUT2D eigenvalue weighted by Gasteiger charge is -2.19. The maximum absolute atomic E-state index is 12.5. The van der Waals surface area contributed by atoms with Gasteiger partial charge in [0.15, 0.2) is 15.8 Å². The molecule has 1 aromatic rings. The van der Waals surface area contributed by atoms with Crippen molar-refractivity contribution in [1.82, 2.24) is 15.5 Å². The van der Waals surface area contributed by atoms with E-state index in [0.29, 0.717) is 38.6 Å². The fraction of sp³-hybridized carbons (Fsp3) is 0.588. The Balaban J connectivity index is 1.94. The molecule has 1 unspecified atom stereocenters. The molecule has 1 fully saturated rings. The van der Waals surface area contributed by atoms with E-state index in [4.69, 9.17) is 0 Å². The normalized spacial score (nSPS) is 19.3. The highest BCUT2D eigenvalue weighted by Gasteiger charge is 2.34. The van der Waals surface area contributed by atoms with Crippen LogP contribution >= 0.6 is 0 Å². The Labute approximate surface area is 157 Å². The number of aliphatic imine (C=N–C) groups is 1. The molecule has 1 aliphatic heterocycles. The molecule has 10 heteroatoms. The van der Waals surface area contributed by atoms with Gasteiger partial charge in [-0.05, 0) is 31.0 Å². The van der Waals surface area contributed by atoms with E-state index in [2.05, 4.69) is 15.6 Å². The molecule has 1 atom stereocenters. The topological polar surface area (TPSA) is 73.8 Å². The predicted octanol–water partition coefficient (Wildman–Crippen LogP) is 1.78. The Morgan fingerprint density at radius 2 is 1.96 bits per heavy atom. The van der Waals surface area contributed by atoms with Crippen LogP contribution in [-0.4, -0.2) is 63.9 Å². The number of halogens is 3. The standard InChI is InChI=1S/C17H25F3N4O2S/c1-3-21-16(23-14-8-9-24(11-14)12-17(18,19)20)22-10-13-4-6-15(7-5-13)27(2,25)26/h4-7,14H,3,8-12H2,1-2H3,(H2,21,22,23). The van der Waals surface area contributed by atoms with Gasteiger partial charge in [0, 0.05) is 31.9 Å². The SMILES string of the molecule is CCNC(=NCc1ccc(S(C)(=O)=O)cc1)NC1CCN(CC(F)(F)F)C1. The zero-order chi connectivity index (χ0) is 20.1. The minimum absolute atomic E-state index is 0.0993. The molecule has 0 saturated carbocycles. The van der Waals surface area contributed by atoms with Crippen molar-refractivity contribution in [3.63, 3.8) is 0 Å². The van der Waals surface area contributed by atoms with Crippen LogP contribution < -0.4 is 10.6 Å². The maximum Gasteiger partial charge on any atom is 0.401 e. The van der Waals surface area contributed by atoms with Gasteiger partial charge in [0.2, 0.25) is 0 Å². The molecule has 0 aliphatic carbocycles. The van der Waals surface area contributed by atoms with Crippen molar-refractivity contribution in [2.75, 3.05) is 32.4 Å². The Morgan fingerprint density at radius 3 is 2.52 bits per heavy atom. The van der Waals surface area contributed by atoms with Gasteiger partial charge in [0.25, 0.3) is 0 Å². The third-order valence-electron chi connectivity index (χ3n) is 4.13. The first-order valence-electron chi connectivity index (χ1n) is 8.70. The van der Waals surface area contributed by atoms with Gasteiger partial charge in [0.1, 0.15) is 0 Å². The predicted molar refractivity (Wildman–Crippen MR) is 98.4 cm³/mol. The number of guanidine groups is 1. The third-order valence-corrected chi connectivity index (χ3v) is 5.26. The molecule has 0 spiro atoms. The van der Waals surface area contributed by atoms with E-state index >= 15 is 0 Å². The maximum atomic E-state index is 12.5. The Morgan fingerprint density at radius 1 is 1.30 bits per heavy atom. The summed E-state index contributed by atoms with van der Waals surface area (Å²) in [4.78, 5) is 6.07. The smallest absolute Gasteiger partial charge is 0.357 e. The van der Waals surface area contributed by atoms with Crippen LogP contribution in [-0.2, 0) is 16.4 Å². The number of hydrogen-bond acceptors (Lipinski definition) is 4. The highest BCUT2D eigenvalue weighted by molar-refractivity contribution is 7.90. The zero-order valence-corrected chi connectivity index (χ0v) is 16.2.